The van der Waals surface area contributed by atoms with E-state index in [-0.39, 0.29) is 17.9 Å². The number of piperidine rings is 1. The fourth-order valence-electron chi connectivity index (χ4n) is 4.32. The number of carbonyl (C=O) groups is 1. The molecule has 1 amide bonds. The van der Waals surface area contributed by atoms with Gasteiger partial charge in [-0.2, -0.15) is 0 Å². The SMILES string of the molecule is CC(C)[C@H]1OCCC[C@H]1Nc1cc(N2CCC(NC(=O)C3CC3)CC2)ncn1. The fourth-order valence-corrected chi connectivity index (χ4v) is 4.32. The third-order valence-electron chi connectivity index (χ3n) is 6.12. The van der Waals surface area contributed by atoms with E-state index >= 15 is 0 Å². The van der Waals surface area contributed by atoms with Crippen LogP contribution in [0.2, 0.25) is 0 Å². The summed E-state index contributed by atoms with van der Waals surface area (Å²) in [4.78, 5) is 23.2. The first-order valence-corrected chi connectivity index (χ1v) is 10.9. The molecule has 1 aromatic heterocycles. The lowest BCUT2D eigenvalue weighted by Crippen LogP contribution is -2.45. The zero-order valence-electron chi connectivity index (χ0n) is 17.1. The summed E-state index contributed by atoms with van der Waals surface area (Å²) in [6.07, 6.45) is 8.11. The average molecular weight is 388 g/mol. The Morgan fingerprint density at radius 1 is 1.18 bits per heavy atom. The van der Waals surface area contributed by atoms with Gasteiger partial charge in [0.25, 0.3) is 0 Å². The molecule has 2 atom stereocenters. The monoisotopic (exact) mass is 387 g/mol. The van der Waals surface area contributed by atoms with Crippen LogP contribution in [0.15, 0.2) is 12.4 Å². The Hall–Kier alpha value is -1.89. The van der Waals surface area contributed by atoms with Crippen molar-refractivity contribution in [3.63, 3.8) is 0 Å². The van der Waals surface area contributed by atoms with Crippen LogP contribution in [0.5, 0.6) is 0 Å². The highest BCUT2D eigenvalue weighted by atomic mass is 16.5. The van der Waals surface area contributed by atoms with Gasteiger partial charge in [0.15, 0.2) is 0 Å². The number of hydrogen-bond acceptors (Lipinski definition) is 6. The standard InChI is InChI=1S/C21H33N5O2/c1-14(2)20-17(4-3-11-28-20)25-18-12-19(23-13-22-18)26-9-7-16(8-10-26)24-21(27)15-5-6-15/h12-17,20H,3-11H2,1-2H3,(H,24,27)(H,22,23,25)/t17-,20-/m1/s1. The summed E-state index contributed by atoms with van der Waals surface area (Å²) in [5.74, 6) is 2.84. The molecule has 2 saturated heterocycles. The smallest absolute Gasteiger partial charge is 0.223 e. The Morgan fingerprint density at radius 2 is 1.96 bits per heavy atom. The van der Waals surface area contributed by atoms with Gasteiger partial charge in [0.2, 0.25) is 5.91 Å². The lowest BCUT2D eigenvalue weighted by molar-refractivity contribution is -0.123. The topological polar surface area (TPSA) is 79.4 Å². The fraction of sp³-hybridized carbons (Fsp3) is 0.762. The third-order valence-corrected chi connectivity index (χ3v) is 6.12. The van der Waals surface area contributed by atoms with Crippen molar-refractivity contribution in [3.8, 4) is 0 Å². The molecule has 2 aliphatic heterocycles. The van der Waals surface area contributed by atoms with Crippen molar-refractivity contribution in [1.82, 2.24) is 15.3 Å². The van der Waals surface area contributed by atoms with Crippen LogP contribution < -0.4 is 15.5 Å². The van der Waals surface area contributed by atoms with Crippen LogP contribution in [0.3, 0.4) is 0 Å². The molecule has 0 bridgehead atoms. The van der Waals surface area contributed by atoms with Crippen LogP contribution in [-0.2, 0) is 9.53 Å². The predicted octanol–water partition coefficient (Wildman–Crippen LogP) is 2.59. The first kappa shape index (κ1) is 19.4. The number of ether oxygens (including phenoxy) is 1. The third kappa shape index (κ3) is 4.74. The van der Waals surface area contributed by atoms with E-state index in [9.17, 15) is 4.79 Å². The summed E-state index contributed by atoms with van der Waals surface area (Å²) in [5, 5.41) is 6.80. The summed E-state index contributed by atoms with van der Waals surface area (Å²) >= 11 is 0. The lowest BCUT2D eigenvalue weighted by Gasteiger charge is -2.35. The maximum Gasteiger partial charge on any atom is 0.223 e. The molecule has 1 saturated carbocycles. The molecule has 0 aromatic carbocycles. The summed E-state index contributed by atoms with van der Waals surface area (Å²) < 4.78 is 5.98. The van der Waals surface area contributed by atoms with Crippen molar-refractivity contribution in [2.45, 2.75) is 70.6 Å². The van der Waals surface area contributed by atoms with E-state index in [1.165, 1.54) is 0 Å². The molecule has 7 heteroatoms. The predicted molar refractivity (Wildman–Crippen MR) is 109 cm³/mol. The molecule has 2 N–H and O–H groups in total. The Labute approximate surface area is 167 Å². The van der Waals surface area contributed by atoms with Gasteiger partial charge in [0.05, 0.1) is 12.1 Å². The maximum absolute atomic E-state index is 12.0. The average Bonchev–Trinajstić information content (AvgIpc) is 3.54. The Morgan fingerprint density at radius 3 is 2.68 bits per heavy atom. The highest BCUT2D eigenvalue weighted by Gasteiger charge is 2.32. The van der Waals surface area contributed by atoms with Gasteiger partial charge in [-0.3, -0.25) is 4.79 Å². The molecule has 28 heavy (non-hydrogen) atoms. The molecule has 3 heterocycles. The van der Waals surface area contributed by atoms with Gasteiger partial charge in [0.1, 0.15) is 18.0 Å². The van der Waals surface area contributed by atoms with E-state index in [1.807, 2.05) is 0 Å². The molecule has 1 aromatic rings. The minimum Gasteiger partial charge on any atom is -0.376 e. The van der Waals surface area contributed by atoms with Gasteiger partial charge in [-0.15, -0.1) is 0 Å². The first-order valence-electron chi connectivity index (χ1n) is 10.9. The van der Waals surface area contributed by atoms with Crippen molar-refractivity contribution >= 4 is 17.5 Å². The normalized spacial score (nSPS) is 26.3. The molecule has 0 radical (unpaired) electrons. The number of nitrogens with zero attached hydrogens (tertiary/aromatic N) is 3. The lowest BCUT2D eigenvalue weighted by atomic mass is 9.93. The highest BCUT2D eigenvalue weighted by Crippen LogP contribution is 2.30. The largest absolute Gasteiger partial charge is 0.376 e. The van der Waals surface area contributed by atoms with Crippen LogP contribution in [-0.4, -0.2) is 53.8 Å². The molecule has 3 fully saturated rings. The quantitative estimate of drug-likeness (QED) is 0.781. The van der Waals surface area contributed by atoms with E-state index in [4.69, 9.17) is 4.74 Å². The number of nitrogens with one attached hydrogen (secondary N) is 2. The molecule has 4 rings (SSSR count). The second kappa shape index (κ2) is 8.64. The van der Waals surface area contributed by atoms with Gasteiger partial charge in [0, 0.05) is 37.7 Å². The number of aromatic nitrogens is 2. The van der Waals surface area contributed by atoms with E-state index in [2.05, 4.69) is 45.4 Å². The number of rotatable bonds is 6. The van der Waals surface area contributed by atoms with Crippen LogP contribution in [0.4, 0.5) is 11.6 Å². The van der Waals surface area contributed by atoms with Crippen LogP contribution in [0.1, 0.15) is 52.4 Å². The van der Waals surface area contributed by atoms with Crippen molar-refractivity contribution in [1.29, 1.82) is 0 Å². The van der Waals surface area contributed by atoms with E-state index in [1.54, 1.807) is 6.33 Å². The zero-order valence-corrected chi connectivity index (χ0v) is 17.1. The second-order valence-corrected chi connectivity index (χ2v) is 8.78. The molecule has 154 valence electrons. The summed E-state index contributed by atoms with van der Waals surface area (Å²) in [5.41, 5.74) is 0. The number of carbonyl (C=O) groups excluding carboxylic acids is 1. The molecular formula is C21H33N5O2. The van der Waals surface area contributed by atoms with E-state index in [0.29, 0.717) is 18.0 Å². The van der Waals surface area contributed by atoms with Crippen LogP contribution >= 0.6 is 0 Å². The highest BCUT2D eigenvalue weighted by molar-refractivity contribution is 5.81. The first-order chi connectivity index (χ1) is 13.6. The number of hydrogen-bond donors (Lipinski definition) is 2. The van der Waals surface area contributed by atoms with Gasteiger partial charge in [-0.25, -0.2) is 9.97 Å². The second-order valence-electron chi connectivity index (χ2n) is 8.78. The molecular weight excluding hydrogens is 354 g/mol. The molecule has 7 nitrogen and oxygen atoms in total. The minimum atomic E-state index is 0.220. The Balaban J connectivity index is 1.33. The number of anilines is 2. The van der Waals surface area contributed by atoms with E-state index in [0.717, 1.165) is 69.9 Å². The Bertz CT molecular complexity index is 671. The van der Waals surface area contributed by atoms with Gasteiger partial charge >= 0.3 is 0 Å². The molecule has 1 aliphatic carbocycles. The zero-order chi connectivity index (χ0) is 19.5. The van der Waals surface area contributed by atoms with Crippen LogP contribution in [0.25, 0.3) is 0 Å². The number of amides is 1. The Kier molecular flexibility index (Phi) is 5.99. The van der Waals surface area contributed by atoms with Crippen molar-refractivity contribution in [2.24, 2.45) is 11.8 Å². The summed E-state index contributed by atoms with van der Waals surface area (Å²) in [6, 6.07) is 2.64. The van der Waals surface area contributed by atoms with Gasteiger partial charge < -0.3 is 20.3 Å². The van der Waals surface area contributed by atoms with Crippen molar-refractivity contribution in [3.05, 3.63) is 12.4 Å². The van der Waals surface area contributed by atoms with Gasteiger partial charge in [-0.05, 0) is 44.4 Å². The molecule has 0 spiro atoms. The van der Waals surface area contributed by atoms with Crippen molar-refractivity contribution in [2.75, 3.05) is 29.9 Å². The molecule has 0 unspecified atom stereocenters. The van der Waals surface area contributed by atoms with E-state index < -0.39 is 0 Å². The minimum absolute atomic E-state index is 0.220. The molecule has 3 aliphatic rings. The van der Waals surface area contributed by atoms with Crippen LogP contribution in [0, 0.1) is 11.8 Å². The van der Waals surface area contributed by atoms with Gasteiger partial charge in [-0.1, -0.05) is 13.8 Å². The maximum atomic E-state index is 12.0. The van der Waals surface area contributed by atoms with Crippen molar-refractivity contribution < 1.29 is 9.53 Å². The summed E-state index contributed by atoms with van der Waals surface area (Å²) in [6.45, 7) is 7.09. The summed E-state index contributed by atoms with van der Waals surface area (Å²) in [7, 11) is 0.